The molecule has 1 aliphatic carbocycles. The first-order valence-electron chi connectivity index (χ1n) is 11.3. The number of carbonyl (C=O) groups is 4. The molecule has 1 atom stereocenters. The Morgan fingerprint density at radius 2 is 1.76 bits per heavy atom. The van der Waals surface area contributed by atoms with Crippen LogP contribution in [0.25, 0.3) is 0 Å². The number of fused-ring (bicyclic) bond motifs is 1. The number of hydrogen-bond donors (Lipinski definition) is 2. The summed E-state index contributed by atoms with van der Waals surface area (Å²) in [5, 5.41) is 10.2. The van der Waals surface area contributed by atoms with E-state index in [2.05, 4.69) is 15.7 Å². The molecule has 0 radical (unpaired) electrons. The van der Waals surface area contributed by atoms with Crippen LogP contribution in [0, 0.1) is 0 Å². The van der Waals surface area contributed by atoms with E-state index in [9.17, 15) is 19.2 Å². The van der Waals surface area contributed by atoms with E-state index in [1.54, 1.807) is 38.2 Å². The van der Waals surface area contributed by atoms with Gasteiger partial charge in [0.2, 0.25) is 5.91 Å². The summed E-state index contributed by atoms with van der Waals surface area (Å²) in [7, 11) is 1.61. The van der Waals surface area contributed by atoms with Gasteiger partial charge in [-0.05, 0) is 51.0 Å². The number of ketones is 1. The van der Waals surface area contributed by atoms with Gasteiger partial charge in [0.15, 0.2) is 11.5 Å². The molecule has 9 heteroatoms. The van der Waals surface area contributed by atoms with Gasteiger partial charge in [-0.1, -0.05) is 19.3 Å². The van der Waals surface area contributed by atoms with E-state index in [0.717, 1.165) is 25.7 Å². The second kappa shape index (κ2) is 8.80. The zero-order valence-corrected chi connectivity index (χ0v) is 19.2. The van der Waals surface area contributed by atoms with Crippen molar-refractivity contribution >= 4 is 29.2 Å². The van der Waals surface area contributed by atoms with Crippen molar-refractivity contribution in [2.45, 2.75) is 64.1 Å². The van der Waals surface area contributed by atoms with Crippen LogP contribution in [-0.2, 0) is 11.3 Å². The first kappa shape index (κ1) is 22.7. The van der Waals surface area contributed by atoms with Crippen LogP contribution in [0.15, 0.2) is 30.3 Å². The zero-order chi connectivity index (χ0) is 23.8. The maximum atomic E-state index is 13.2. The fraction of sp³-hybridized carbons (Fsp3) is 0.458. The molecule has 2 heterocycles. The summed E-state index contributed by atoms with van der Waals surface area (Å²) in [5.74, 6) is -1.10. The van der Waals surface area contributed by atoms with E-state index in [4.69, 9.17) is 0 Å². The number of nitrogens with zero attached hydrogens (tertiary/aromatic N) is 3. The van der Waals surface area contributed by atoms with Crippen LogP contribution >= 0.6 is 0 Å². The van der Waals surface area contributed by atoms with Gasteiger partial charge in [0.1, 0.15) is 11.2 Å². The van der Waals surface area contributed by atoms with Gasteiger partial charge in [-0.3, -0.25) is 23.9 Å². The van der Waals surface area contributed by atoms with Crippen molar-refractivity contribution in [1.29, 1.82) is 0 Å². The molecule has 1 saturated carbocycles. The largest absolute Gasteiger partial charge is 0.351 e. The lowest BCUT2D eigenvalue weighted by atomic mass is 9.92. The molecule has 2 aliphatic rings. The van der Waals surface area contributed by atoms with Crippen LogP contribution in [0.4, 0.5) is 5.69 Å². The molecule has 1 aromatic heterocycles. The lowest BCUT2D eigenvalue weighted by Gasteiger charge is -2.41. The average molecular weight is 452 g/mol. The summed E-state index contributed by atoms with van der Waals surface area (Å²) < 4.78 is 1.44. The third kappa shape index (κ3) is 4.40. The molecule has 1 aromatic carbocycles. The van der Waals surface area contributed by atoms with E-state index in [1.807, 2.05) is 0 Å². The van der Waals surface area contributed by atoms with Crippen molar-refractivity contribution < 1.29 is 19.2 Å². The minimum Gasteiger partial charge on any atom is -0.351 e. The fourth-order valence-corrected chi connectivity index (χ4v) is 4.41. The van der Waals surface area contributed by atoms with Crippen LogP contribution in [0.2, 0.25) is 0 Å². The normalized spacial score (nSPS) is 20.8. The van der Waals surface area contributed by atoms with Crippen molar-refractivity contribution in [3.8, 4) is 0 Å². The fourth-order valence-electron chi connectivity index (χ4n) is 4.41. The molecule has 1 aliphatic heterocycles. The van der Waals surface area contributed by atoms with E-state index >= 15 is 0 Å². The van der Waals surface area contributed by atoms with Gasteiger partial charge in [-0.15, -0.1) is 0 Å². The molecule has 0 saturated heterocycles. The number of benzene rings is 1. The number of aromatic nitrogens is 2. The van der Waals surface area contributed by atoms with Crippen LogP contribution in [0.5, 0.6) is 0 Å². The summed E-state index contributed by atoms with van der Waals surface area (Å²) in [5.41, 5.74) is 0.293. The number of Topliss-reactive ketones (excluding diaryl/α,β-unsaturated/α-hetero) is 1. The average Bonchev–Trinajstić information content (AvgIpc) is 3.22. The Kier molecular flexibility index (Phi) is 6.05. The monoisotopic (exact) mass is 451 g/mol. The molecule has 1 fully saturated rings. The third-order valence-corrected chi connectivity index (χ3v) is 6.71. The molecule has 0 unspecified atom stereocenters. The van der Waals surface area contributed by atoms with Crippen LogP contribution < -0.4 is 10.6 Å². The number of likely N-dealkylation sites (N-methyl/N-ethyl adjacent to an activating group) is 1. The number of anilines is 1. The van der Waals surface area contributed by atoms with E-state index in [1.165, 1.54) is 29.0 Å². The molecule has 2 aromatic rings. The van der Waals surface area contributed by atoms with Crippen molar-refractivity contribution in [2.75, 3.05) is 12.4 Å². The standard InChI is InChI=1S/C24H29N5O4/c1-15(30)16-9-11-18(12-10-16)25-21(31)19-13-20-22(32)28(3)24(2,14-29(20)27-19)23(33)26-17-7-5-4-6-8-17/h9-13,17H,4-8,14H2,1-3H3,(H,25,31)(H,26,33)/t24-/m0/s1. The van der Waals surface area contributed by atoms with Gasteiger partial charge in [0.25, 0.3) is 11.8 Å². The molecule has 174 valence electrons. The number of rotatable bonds is 5. The van der Waals surface area contributed by atoms with Crippen molar-refractivity contribution in [2.24, 2.45) is 0 Å². The lowest BCUT2D eigenvalue weighted by molar-refractivity contribution is -0.133. The van der Waals surface area contributed by atoms with Crippen molar-refractivity contribution in [3.63, 3.8) is 0 Å². The Labute approximate surface area is 192 Å². The zero-order valence-electron chi connectivity index (χ0n) is 19.2. The maximum Gasteiger partial charge on any atom is 0.276 e. The van der Waals surface area contributed by atoms with Crippen LogP contribution in [0.1, 0.15) is 77.3 Å². The predicted octanol–water partition coefficient (Wildman–Crippen LogP) is 2.63. The van der Waals surface area contributed by atoms with E-state index < -0.39 is 11.4 Å². The first-order chi connectivity index (χ1) is 15.7. The Balaban J connectivity index is 1.51. The SMILES string of the molecule is CC(=O)c1ccc(NC(=O)c2cc3n(n2)C[C@@](C)(C(=O)NC2CCCCC2)N(C)C3=O)cc1. The smallest absolute Gasteiger partial charge is 0.276 e. The van der Waals surface area contributed by atoms with Crippen molar-refractivity contribution in [1.82, 2.24) is 20.0 Å². The van der Waals surface area contributed by atoms with Gasteiger partial charge in [-0.2, -0.15) is 5.10 Å². The molecule has 4 rings (SSSR count). The highest BCUT2D eigenvalue weighted by Gasteiger charge is 2.46. The summed E-state index contributed by atoms with van der Waals surface area (Å²) in [6.07, 6.45) is 5.27. The summed E-state index contributed by atoms with van der Waals surface area (Å²) in [6, 6.07) is 8.10. The second-order valence-corrected chi connectivity index (χ2v) is 9.11. The minimum atomic E-state index is -1.11. The van der Waals surface area contributed by atoms with Gasteiger partial charge in [0, 0.05) is 30.4 Å². The van der Waals surface area contributed by atoms with Crippen LogP contribution in [0.3, 0.4) is 0 Å². The van der Waals surface area contributed by atoms with Gasteiger partial charge < -0.3 is 15.5 Å². The van der Waals surface area contributed by atoms with Gasteiger partial charge in [-0.25, -0.2) is 0 Å². The second-order valence-electron chi connectivity index (χ2n) is 9.11. The van der Waals surface area contributed by atoms with Gasteiger partial charge >= 0.3 is 0 Å². The molecule has 0 bridgehead atoms. The van der Waals surface area contributed by atoms with Crippen molar-refractivity contribution in [3.05, 3.63) is 47.3 Å². The molecule has 3 amide bonds. The molecule has 9 nitrogen and oxygen atoms in total. The molecular weight excluding hydrogens is 422 g/mol. The lowest BCUT2D eigenvalue weighted by Crippen LogP contribution is -2.63. The predicted molar refractivity (Wildman–Crippen MR) is 122 cm³/mol. The van der Waals surface area contributed by atoms with Crippen LogP contribution in [-0.4, -0.2) is 56.8 Å². The van der Waals surface area contributed by atoms with Gasteiger partial charge in [0.05, 0.1) is 6.54 Å². The highest BCUT2D eigenvalue weighted by molar-refractivity contribution is 6.06. The Morgan fingerprint density at radius 3 is 2.39 bits per heavy atom. The molecular formula is C24H29N5O4. The third-order valence-electron chi connectivity index (χ3n) is 6.71. The van der Waals surface area contributed by atoms with E-state index in [0.29, 0.717) is 11.3 Å². The Bertz CT molecular complexity index is 1100. The summed E-state index contributed by atoms with van der Waals surface area (Å²) in [6.45, 7) is 3.36. The first-order valence-corrected chi connectivity index (χ1v) is 11.3. The molecule has 33 heavy (non-hydrogen) atoms. The number of carbonyl (C=O) groups excluding carboxylic acids is 4. The number of nitrogens with one attached hydrogen (secondary N) is 2. The number of amides is 3. The summed E-state index contributed by atoms with van der Waals surface area (Å²) >= 11 is 0. The Hall–Kier alpha value is -3.49. The highest BCUT2D eigenvalue weighted by atomic mass is 16.2. The maximum absolute atomic E-state index is 13.2. The minimum absolute atomic E-state index is 0.0622. The summed E-state index contributed by atoms with van der Waals surface area (Å²) in [4.78, 5) is 51.8. The quantitative estimate of drug-likeness (QED) is 0.679. The number of hydrogen-bond acceptors (Lipinski definition) is 5. The van der Waals surface area contributed by atoms with E-state index in [-0.39, 0.29) is 41.6 Å². The Morgan fingerprint density at radius 1 is 1.09 bits per heavy atom. The molecule has 0 spiro atoms. The topological polar surface area (TPSA) is 113 Å². The molecule has 2 N–H and O–H groups in total. The highest BCUT2D eigenvalue weighted by Crippen LogP contribution is 2.27.